The van der Waals surface area contributed by atoms with Gasteiger partial charge in [0.1, 0.15) is 0 Å². The molecule has 76 valence electrons. The fourth-order valence-corrected chi connectivity index (χ4v) is 2.44. The second kappa shape index (κ2) is 4.62. The van der Waals surface area contributed by atoms with Crippen molar-refractivity contribution in [2.45, 2.75) is 5.38 Å². The molecule has 1 rings (SSSR count). The monoisotopic (exact) mass is 230 g/mol. The summed E-state index contributed by atoms with van der Waals surface area (Å²) in [6, 6.07) is 9.11. The molecule has 1 aromatic rings. The van der Waals surface area contributed by atoms with Crippen molar-refractivity contribution in [3.8, 4) is 0 Å². The molecule has 0 saturated heterocycles. The lowest BCUT2D eigenvalue weighted by atomic mass is 10.2. The van der Waals surface area contributed by atoms with Crippen molar-refractivity contribution in [2.24, 2.45) is 0 Å². The number of halogens is 1. The third-order valence-electron chi connectivity index (χ3n) is 1.79. The summed E-state index contributed by atoms with van der Waals surface area (Å²) in [5.74, 6) is -0.109. The van der Waals surface area contributed by atoms with E-state index < -0.39 is 15.2 Å². The van der Waals surface area contributed by atoms with Crippen LogP contribution in [0.25, 0.3) is 0 Å². The number of hydrogen-bond acceptors (Lipinski definition) is 2. The summed E-state index contributed by atoms with van der Waals surface area (Å²) < 4.78 is 22.4. The molecular formula is C10H11ClO2S. The zero-order valence-electron chi connectivity index (χ0n) is 7.56. The van der Waals surface area contributed by atoms with Crippen molar-refractivity contribution in [3.05, 3.63) is 47.9 Å². The number of alkyl halides is 1. The smallest absolute Gasteiger partial charge is 0.172 e. The van der Waals surface area contributed by atoms with Gasteiger partial charge in [0, 0.05) is 5.41 Å². The SMILES string of the molecule is C=CS(=O)(=O)CC(Cl)c1ccccc1. The van der Waals surface area contributed by atoms with E-state index in [-0.39, 0.29) is 5.75 Å². The van der Waals surface area contributed by atoms with E-state index in [4.69, 9.17) is 11.6 Å². The van der Waals surface area contributed by atoms with Gasteiger partial charge in [0.25, 0.3) is 0 Å². The molecule has 0 aliphatic carbocycles. The summed E-state index contributed by atoms with van der Waals surface area (Å²) in [5.41, 5.74) is 0.805. The van der Waals surface area contributed by atoms with Gasteiger partial charge in [-0.25, -0.2) is 8.42 Å². The van der Waals surface area contributed by atoms with Gasteiger partial charge >= 0.3 is 0 Å². The maximum Gasteiger partial charge on any atom is 0.172 e. The van der Waals surface area contributed by atoms with E-state index in [2.05, 4.69) is 6.58 Å². The van der Waals surface area contributed by atoms with Gasteiger partial charge in [-0.1, -0.05) is 36.9 Å². The summed E-state index contributed by atoms with van der Waals surface area (Å²) >= 11 is 5.94. The lowest BCUT2D eigenvalue weighted by Crippen LogP contribution is -2.07. The topological polar surface area (TPSA) is 34.1 Å². The standard InChI is InChI=1S/C10H11ClO2S/c1-2-14(12,13)8-10(11)9-6-4-3-5-7-9/h2-7,10H,1,8H2. The van der Waals surface area contributed by atoms with Crippen LogP contribution in [0, 0.1) is 0 Å². The molecule has 0 radical (unpaired) electrons. The predicted octanol–water partition coefficient (Wildman–Crippen LogP) is 2.52. The maximum absolute atomic E-state index is 11.2. The highest BCUT2D eigenvalue weighted by Crippen LogP contribution is 2.22. The molecular weight excluding hydrogens is 220 g/mol. The molecule has 0 fully saturated rings. The summed E-state index contributed by atoms with van der Waals surface area (Å²) in [4.78, 5) is 0. The van der Waals surface area contributed by atoms with Gasteiger partial charge in [-0.2, -0.15) is 0 Å². The predicted molar refractivity (Wildman–Crippen MR) is 59.0 cm³/mol. The third-order valence-corrected chi connectivity index (χ3v) is 3.69. The Morgan fingerprint density at radius 2 is 1.93 bits per heavy atom. The Balaban J connectivity index is 2.78. The average Bonchev–Trinajstić information content (AvgIpc) is 2.19. The first kappa shape index (κ1) is 11.3. The van der Waals surface area contributed by atoms with E-state index in [1.165, 1.54) is 0 Å². The van der Waals surface area contributed by atoms with Crippen molar-refractivity contribution in [2.75, 3.05) is 5.75 Å². The van der Waals surface area contributed by atoms with E-state index in [0.29, 0.717) is 0 Å². The van der Waals surface area contributed by atoms with E-state index in [9.17, 15) is 8.42 Å². The van der Waals surface area contributed by atoms with Gasteiger partial charge in [0.15, 0.2) is 9.84 Å². The normalized spacial score (nSPS) is 13.5. The van der Waals surface area contributed by atoms with Gasteiger partial charge in [0.05, 0.1) is 11.1 Å². The van der Waals surface area contributed by atoms with E-state index >= 15 is 0 Å². The molecule has 4 heteroatoms. The first-order chi connectivity index (χ1) is 6.55. The molecule has 0 amide bonds. The number of rotatable bonds is 4. The van der Waals surface area contributed by atoms with Crippen molar-refractivity contribution in [3.63, 3.8) is 0 Å². The molecule has 0 aromatic heterocycles. The third kappa shape index (κ3) is 3.16. The van der Waals surface area contributed by atoms with Crippen LogP contribution in [0.1, 0.15) is 10.9 Å². The Morgan fingerprint density at radius 1 is 1.36 bits per heavy atom. The number of hydrogen-bond donors (Lipinski definition) is 0. The highest BCUT2D eigenvalue weighted by atomic mass is 35.5. The van der Waals surface area contributed by atoms with Crippen LogP contribution in [0.3, 0.4) is 0 Å². The van der Waals surface area contributed by atoms with Crippen LogP contribution in [-0.2, 0) is 9.84 Å². The summed E-state index contributed by atoms with van der Waals surface area (Å²) in [7, 11) is -3.23. The van der Waals surface area contributed by atoms with Crippen LogP contribution < -0.4 is 0 Å². The summed E-state index contributed by atoms with van der Waals surface area (Å²) in [6.07, 6.45) is 0. The lowest BCUT2D eigenvalue weighted by Gasteiger charge is -2.07. The molecule has 0 spiro atoms. The summed E-state index contributed by atoms with van der Waals surface area (Å²) in [6.45, 7) is 3.23. The Kier molecular flexibility index (Phi) is 3.72. The van der Waals surface area contributed by atoms with Crippen molar-refractivity contribution < 1.29 is 8.42 Å². The Labute approximate surface area is 89.1 Å². The van der Waals surface area contributed by atoms with Gasteiger partial charge in [-0.3, -0.25) is 0 Å². The molecule has 0 aliphatic heterocycles. The van der Waals surface area contributed by atoms with Crippen molar-refractivity contribution >= 4 is 21.4 Å². The minimum atomic E-state index is -3.23. The highest BCUT2D eigenvalue weighted by molar-refractivity contribution is 7.94. The Morgan fingerprint density at radius 3 is 2.43 bits per heavy atom. The maximum atomic E-state index is 11.2. The average molecular weight is 231 g/mol. The first-order valence-electron chi connectivity index (χ1n) is 4.09. The van der Waals surface area contributed by atoms with Gasteiger partial charge in [0.2, 0.25) is 0 Å². The molecule has 2 nitrogen and oxygen atoms in total. The highest BCUT2D eigenvalue weighted by Gasteiger charge is 2.15. The lowest BCUT2D eigenvalue weighted by molar-refractivity contribution is 0.603. The minimum absolute atomic E-state index is 0.109. The van der Waals surface area contributed by atoms with Crippen LogP contribution in [0.4, 0.5) is 0 Å². The zero-order chi connectivity index (χ0) is 10.6. The van der Waals surface area contributed by atoms with Crippen LogP contribution in [-0.4, -0.2) is 14.2 Å². The molecule has 0 N–H and O–H groups in total. The largest absolute Gasteiger partial charge is 0.224 e. The van der Waals surface area contributed by atoms with Crippen molar-refractivity contribution in [1.82, 2.24) is 0 Å². The first-order valence-corrected chi connectivity index (χ1v) is 6.24. The van der Waals surface area contributed by atoms with E-state index in [1.807, 2.05) is 18.2 Å². The Bertz CT molecular complexity index is 397. The molecule has 14 heavy (non-hydrogen) atoms. The Hall–Kier alpha value is -0.800. The van der Waals surface area contributed by atoms with E-state index in [1.54, 1.807) is 12.1 Å². The van der Waals surface area contributed by atoms with Crippen LogP contribution >= 0.6 is 11.6 Å². The van der Waals surface area contributed by atoms with Crippen LogP contribution in [0.2, 0.25) is 0 Å². The second-order valence-electron chi connectivity index (χ2n) is 2.87. The molecule has 0 heterocycles. The van der Waals surface area contributed by atoms with Crippen LogP contribution in [0.15, 0.2) is 42.3 Å². The molecule has 0 bridgehead atoms. The second-order valence-corrected chi connectivity index (χ2v) is 5.39. The van der Waals surface area contributed by atoms with Gasteiger partial charge < -0.3 is 0 Å². The van der Waals surface area contributed by atoms with E-state index in [0.717, 1.165) is 11.0 Å². The number of benzene rings is 1. The molecule has 1 aromatic carbocycles. The van der Waals surface area contributed by atoms with Gasteiger partial charge in [-0.05, 0) is 5.56 Å². The molecule has 1 unspecified atom stereocenters. The fourth-order valence-electron chi connectivity index (χ4n) is 1.03. The quantitative estimate of drug-likeness (QED) is 0.745. The van der Waals surface area contributed by atoms with Gasteiger partial charge in [-0.15, -0.1) is 11.6 Å². The number of sulfone groups is 1. The minimum Gasteiger partial charge on any atom is -0.224 e. The molecule has 1 atom stereocenters. The zero-order valence-corrected chi connectivity index (χ0v) is 9.13. The van der Waals surface area contributed by atoms with Crippen molar-refractivity contribution in [1.29, 1.82) is 0 Å². The van der Waals surface area contributed by atoms with Crippen LogP contribution in [0.5, 0.6) is 0 Å². The fraction of sp³-hybridized carbons (Fsp3) is 0.200. The molecule has 0 saturated carbocycles. The summed E-state index contributed by atoms with van der Waals surface area (Å²) in [5, 5.41) is 0.421. The molecule has 0 aliphatic rings.